The number of hydrogen-bond donors (Lipinski definition) is 0. The van der Waals surface area contributed by atoms with E-state index in [0.29, 0.717) is 3.57 Å². The zero-order valence-electron chi connectivity index (χ0n) is 6.32. The first-order valence-electron chi connectivity index (χ1n) is 3.38. The number of terminal acetylenes is 1. The summed E-state index contributed by atoms with van der Waals surface area (Å²) in [7, 11) is 0. The van der Waals surface area contributed by atoms with Crippen LogP contribution in [0.2, 0.25) is 0 Å². The number of nitrogens with zero attached hydrogens (tertiary/aromatic N) is 2. The van der Waals surface area contributed by atoms with E-state index in [1.165, 1.54) is 10.7 Å². The molecule has 64 valence electrons. The molecule has 0 saturated heterocycles. The van der Waals surface area contributed by atoms with Crippen molar-refractivity contribution in [2.45, 2.75) is 0 Å². The molecule has 0 aliphatic heterocycles. The Bertz CT molecular complexity index is 617. The fourth-order valence-corrected chi connectivity index (χ4v) is 1.64. The van der Waals surface area contributed by atoms with E-state index in [2.05, 4.69) is 5.92 Å². The van der Waals surface area contributed by atoms with Crippen molar-refractivity contribution in [3.8, 4) is 12.3 Å². The van der Waals surface area contributed by atoms with Crippen LogP contribution in [0.5, 0.6) is 0 Å². The summed E-state index contributed by atoms with van der Waals surface area (Å²) in [6.07, 6.45) is 8.11. The maximum atomic E-state index is 11.4. The molecule has 13 heavy (non-hydrogen) atoms. The highest BCUT2D eigenvalue weighted by Crippen LogP contribution is 1.97. The molecule has 0 amide bonds. The molecule has 0 atom stereocenters. The van der Waals surface area contributed by atoms with Crippen LogP contribution in [0.3, 0.4) is 0 Å². The second-order valence-electron chi connectivity index (χ2n) is 2.47. The van der Waals surface area contributed by atoms with Gasteiger partial charge in [-0.15, -0.1) is 6.42 Å². The van der Waals surface area contributed by atoms with Gasteiger partial charge in [0.15, 0.2) is 0 Å². The maximum absolute atomic E-state index is 11.4. The molecule has 0 bridgehead atoms. The molecule has 0 unspecified atom stereocenters. The summed E-state index contributed by atoms with van der Waals surface area (Å²) in [5, 5.41) is 0. The van der Waals surface area contributed by atoms with E-state index in [-0.39, 0.29) is 11.1 Å². The van der Waals surface area contributed by atoms with E-state index in [4.69, 9.17) is 6.42 Å². The summed E-state index contributed by atoms with van der Waals surface area (Å²) in [5.41, 5.74) is -0.559. The average Bonchev–Trinajstić information content (AvgIpc) is 2.54. The number of fused-ring (bicyclic) bond motifs is 1. The lowest BCUT2D eigenvalue weighted by Gasteiger charge is -1.78. The molecule has 0 aliphatic rings. The number of rotatable bonds is 0. The molecule has 0 N–H and O–H groups in total. The summed E-state index contributed by atoms with van der Waals surface area (Å²) in [6.45, 7) is 0. The number of hydrogen-bond acceptors (Lipinski definition) is 2. The van der Waals surface area contributed by atoms with Crippen molar-refractivity contribution in [3.63, 3.8) is 0 Å². The van der Waals surface area contributed by atoms with E-state index in [9.17, 15) is 9.59 Å². The third-order valence-corrected chi connectivity index (χ3v) is 2.45. The summed E-state index contributed by atoms with van der Waals surface area (Å²) in [4.78, 5) is 22.7. The largest absolute Gasteiger partial charge is 0.290 e. The Kier molecular flexibility index (Phi) is 1.66. The standard InChI is InChI=1S/C8H3IN2O2/c1-2-5-3-10-4-6(9)8(13)11(10)7(5)12/h1,3-4H. The van der Waals surface area contributed by atoms with E-state index in [1.54, 1.807) is 6.20 Å². The molecule has 2 aromatic heterocycles. The predicted molar refractivity (Wildman–Crippen MR) is 55.2 cm³/mol. The van der Waals surface area contributed by atoms with E-state index in [0.717, 1.165) is 4.52 Å². The predicted octanol–water partition coefficient (Wildman–Crippen LogP) is -0.217. The summed E-state index contributed by atoms with van der Waals surface area (Å²) < 4.78 is 2.91. The first-order chi connectivity index (χ1) is 6.15. The van der Waals surface area contributed by atoms with Gasteiger partial charge in [0, 0.05) is 12.4 Å². The Morgan fingerprint density at radius 2 is 2.00 bits per heavy atom. The van der Waals surface area contributed by atoms with Gasteiger partial charge in [0.05, 0.1) is 3.57 Å². The molecule has 0 aliphatic carbocycles. The van der Waals surface area contributed by atoms with Crippen molar-refractivity contribution in [3.05, 3.63) is 42.2 Å². The lowest BCUT2D eigenvalue weighted by atomic mass is 10.4. The molecular weight excluding hydrogens is 283 g/mol. The second-order valence-corrected chi connectivity index (χ2v) is 3.63. The van der Waals surface area contributed by atoms with Crippen LogP contribution in [0.1, 0.15) is 5.56 Å². The monoisotopic (exact) mass is 286 g/mol. The highest BCUT2D eigenvalue weighted by Gasteiger charge is 2.10. The first-order valence-corrected chi connectivity index (χ1v) is 4.46. The quantitative estimate of drug-likeness (QED) is 0.496. The van der Waals surface area contributed by atoms with Crippen LogP contribution in [0.4, 0.5) is 0 Å². The third-order valence-electron chi connectivity index (χ3n) is 1.71. The number of halogens is 1. The van der Waals surface area contributed by atoms with Crippen LogP contribution in [-0.2, 0) is 0 Å². The average molecular weight is 286 g/mol. The minimum atomic E-state index is -0.435. The molecule has 0 saturated carbocycles. The highest BCUT2D eigenvalue weighted by molar-refractivity contribution is 14.1. The van der Waals surface area contributed by atoms with Crippen molar-refractivity contribution in [2.24, 2.45) is 0 Å². The zero-order chi connectivity index (χ0) is 9.59. The molecule has 0 aromatic carbocycles. The van der Waals surface area contributed by atoms with Crippen molar-refractivity contribution < 1.29 is 0 Å². The van der Waals surface area contributed by atoms with Crippen LogP contribution in [0, 0.1) is 15.9 Å². The van der Waals surface area contributed by atoms with Gasteiger partial charge >= 0.3 is 0 Å². The molecule has 0 radical (unpaired) electrons. The Morgan fingerprint density at radius 3 is 2.54 bits per heavy atom. The van der Waals surface area contributed by atoms with Crippen molar-refractivity contribution in [2.75, 3.05) is 0 Å². The molecule has 0 fully saturated rings. The van der Waals surface area contributed by atoms with Crippen LogP contribution in [-0.4, -0.2) is 9.03 Å². The van der Waals surface area contributed by atoms with Gasteiger partial charge in [-0.1, -0.05) is 5.92 Å². The van der Waals surface area contributed by atoms with E-state index in [1.807, 2.05) is 22.6 Å². The van der Waals surface area contributed by atoms with Crippen molar-refractivity contribution in [1.82, 2.24) is 9.03 Å². The Morgan fingerprint density at radius 1 is 1.31 bits per heavy atom. The van der Waals surface area contributed by atoms with Gasteiger partial charge in [0.2, 0.25) is 0 Å². The van der Waals surface area contributed by atoms with Gasteiger partial charge in [-0.2, -0.15) is 4.52 Å². The topological polar surface area (TPSA) is 43.0 Å². The molecule has 2 heterocycles. The maximum Gasteiger partial charge on any atom is 0.290 e. The number of aromatic nitrogens is 2. The minimum absolute atomic E-state index is 0.202. The van der Waals surface area contributed by atoms with Gasteiger partial charge in [-0.25, -0.2) is 0 Å². The van der Waals surface area contributed by atoms with Crippen LogP contribution < -0.4 is 11.1 Å². The van der Waals surface area contributed by atoms with E-state index < -0.39 is 5.56 Å². The molecule has 4 nitrogen and oxygen atoms in total. The lowest BCUT2D eigenvalue weighted by Crippen LogP contribution is -2.23. The van der Waals surface area contributed by atoms with Gasteiger partial charge in [-0.05, 0) is 22.6 Å². The van der Waals surface area contributed by atoms with Gasteiger partial charge < -0.3 is 0 Å². The fraction of sp³-hybridized carbons (Fsp3) is 0. The van der Waals surface area contributed by atoms with Crippen LogP contribution in [0.25, 0.3) is 0 Å². The Balaban J connectivity index is 3.10. The van der Waals surface area contributed by atoms with Gasteiger partial charge in [-0.3, -0.25) is 14.1 Å². The third kappa shape index (κ3) is 0.986. The molecular formula is C8H3IN2O2. The Labute approximate surface area is 86.3 Å². The lowest BCUT2D eigenvalue weighted by molar-refractivity contribution is 0.805. The van der Waals surface area contributed by atoms with Gasteiger partial charge in [0.25, 0.3) is 11.1 Å². The summed E-state index contributed by atoms with van der Waals surface area (Å²) >= 11 is 1.87. The molecule has 2 aromatic rings. The normalized spacial score (nSPS) is 10.5. The van der Waals surface area contributed by atoms with E-state index >= 15 is 0 Å². The van der Waals surface area contributed by atoms with Crippen molar-refractivity contribution >= 4 is 22.6 Å². The summed E-state index contributed by atoms with van der Waals surface area (Å²) in [5.74, 6) is 2.22. The Hall–Kier alpha value is -1.29. The van der Waals surface area contributed by atoms with Crippen LogP contribution in [0.15, 0.2) is 22.0 Å². The molecule has 2 rings (SSSR count). The van der Waals surface area contributed by atoms with Crippen LogP contribution >= 0.6 is 22.6 Å². The zero-order valence-corrected chi connectivity index (χ0v) is 8.48. The highest BCUT2D eigenvalue weighted by atomic mass is 127. The SMILES string of the molecule is C#Cc1cn2cc(I)c(=O)n2c1=O. The summed E-state index contributed by atoms with van der Waals surface area (Å²) in [6, 6.07) is 0. The first kappa shape index (κ1) is 8.31. The fourth-order valence-electron chi connectivity index (χ4n) is 1.13. The molecule has 5 heteroatoms. The van der Waals surface area contributed by atoms with Gasteiger partial charge in [0.1, 0.15) is 5.56 Å². The second kappa shape index (κ2) is 2.60. The molecule has 0 spiro atoms. The smallest absolute Gasteiger partial charge is 0.266 e. The van der Waals surface area contributed by atoms with Crippen molar-refractivity contribution in [1.29, 1.82) is 0 Å². The minimum Gasteiger partial charge on any atom is -0.266 e.